The molecule has 0 amide bonds. The van der Waals surface area contributed by atoms with E-state index in [1.165, 1.54) is 11.5 Å². The summed E-state index contributed by atoms with van der Waals surface area (Å²) in [6.45, 7) is 1.98. The quantitative estimate of drug-likeness (QED) is 0.194. The highest BCUT2D eigenvalue weighted by Crippen LogP contribution is 2.26. The Hall–Kier alpha value is -3.59. The maximum absolute atomic E-state index is 12.3. The lowest BCUT2D eigenvalue weighted by atomic mass is 10.0. The Bertz CT molecular complexity index is 1210. The first kappa shape index (κ1) is 17.8. The van der Waals surface area contributed by atoms with Crippen molar-refractivity contribution in [3.05, 3.63) is 90.0 Å². The molecule has 0 heterocycles. The summed E-state index contributed by atoms with van der Waals surface area (Å²) in [5, 5.41) is 4.50. The van der Waals surface area contributed by atoms with E-state index in [0.29, 0.717) is 5.75 Å². The molecular formula is C25H20O3. The molecule has 0 unspecified atom stereocenters. The number of methoxy groups -OCH3 is 1. The van der Waals surface area contributed by atoms with Crippen molar-refractivity contribution in [3.63, 3.8) is 0 Å². The maximum atomic E-state index is 12.3. The second-order valence-corrected chi connectivity index (χ2v) is 6.69. The SMILES string of the molecule is COc1ccc(C)c(/C=C/C(=O)Oc2ccc3cc4ccccc4cc3c2)c1. The van der Waals surface area contributed by atoms with Gasteiger partial charge in [0.15, 0.2) is 0 Å². The van der Waals surface area contributed by atoms with E-state index in [-0.39, 0.29) is 0 Å². The normalized spacial score (nSPS) is 11.2. The van der Waals surface area contributed by atoms with Gasteiger partial charge in [0.1, 0.15) is 11.5 Å². The predicted octanol–water partition coefficient (Wildman–Crippen LogP) is 5.93. The van der Waals surface area contributed by atoms with Crippen molar-refractivity contribution in [1.82, 2.24) is 0 Å². The lowest BCUT2D eigenvalue weighted by Gasteiger charge is -2.06. The molecule has 0 aromatic heterocycles. The zero-order valence-corrected chi connectivity index (χ0v) is 15.8. The highest BCUT2D eigenvalue weighted by molar-refractivity contribution is 5.99. The van der Waals surface area contributed by atoms with Crippen LogP contribution in [0.4, 0.5) is 0 Å². The molecule has 0 saturated heterocycles. The van der Waals surface area contributed by atoms with Gasteiger partial charge in [-0.1, -0.05) is 36.4 Å². The summed E-state index contributed by atoms with van der Waals surface area (Å²) in [7, 11) is 1.62. The van der Waals surface area contributed by atoms with Gasteiger partial charge in [-0.25, -0.2) is 4.79 Å². The van der Waals surface area contributed by atoms with E-state index in [0.717, 1.165) is 33.0 Å². The molecule has 0 bridgehead atoms. The molecule has 28 heavy (non-hydrogen) atoms. The van der Waals surface area contributed by atoms with Crippen LogP contribution in [0.25, 0.3) is 27.6 Å². The largest absolute Gasteiger partial charge is 0.497 e. The average molecular weight is 368 g/mol. The first-order valence-corrected chi connectivity index (χ1v) is 9.09. The van der Waals surface area contributed by atoms with Crippen molar-refractivity contribution < 1.29 is 14.3 Å². The molecule has 4 rings (SSSR count). The summed E-state index contributed by atoms with van der Waals surface area (Å²) in [6.07, 6.45) is 3.18. The number of benzene rings is 4. The van der Waals surface area contributed by atoms with Gasteiger partial charge in [-0.15, -0.1) is 0 Å². The summed E-state index contributed by atoms with van der Waals surface area (Å²) in [5.41, 5.74) is 1.98. The fraction of sp³-hybridized carbons (Fsp3) is 0.0800. The first-order chi connectivity index (χ1) is 13.6. The molecule has 138 valence electrons. The molecule has 0 aliphatic rings. The van der Waals surface area contributed by atoms with E-state index in [1.807, 2.05) is 55.5 Å². The Morgan fingerprint density at radius 2 is 1.46 bits per heavy atom. The topological polar surface area (TPSA) is 35.5 Å². The average Bonchev–Trinajstić information content (AvgIpc) is 2.71. The van der Waals surface area contributed by atoms with Crippen molar-refractivity contribution >= 4 is 33.6 Å². The molecular weight excluding hydrogens is 348 g/mol. The number of fused-ring (bicyclic) bond motifs is 2. The number of hydrogen-bond donors (Lipinski definition) is 0. The first-order valence-electron chi connectivity index (χ1n) is 9.09. The molecule has 0 fully saturated rings. The van der Waals surface area contributed by atoms with Gasteiger partial charge in [0.25, 0.3) is 0 Å². The van der Waals surface area contributed by atoms with E-state index in [9.17, 15) is 4.79 Å². The van der Waals surface area contributed by atoms with E-state index in [2.05, 4.69) is 24.3 Å². The predicted molar refractivity (Wildman–Crippen MR) is 114 cm³/mol. The van der Waals surface area contributed by atoms with Crippen LogP contribution in [0.3, 0.4) is 0 Å². The lowest BCUT2D eigenvalue weighted by Crippen LogP contribution is -2.03. The van der Waals surface area contributed by atoms with Crippen LogP contribution in [0.5, 0.6) is 11.5 Å². The molecule has 3 heteroatoms. The zero-order chi connectivity index (χ0) is 19.5. The van der Waals surface area contributed by atoms with Gasteiger partial charge in [-0.2, -0.15) is 0 Å². The van der Waals surface area contributed by atoms with Crippen LogP contribution < -0.4 is 9.47 Å². The Morgan fingerprint density at radius 3 is 2.21 bits per heavy atom. The zero-order valence-electron chi connectivity index (χ0n) is 15.8. The number of aryl methyl sites for hydroxylation is 1. The fourth-order valence-electron chi connectivity index (χ4n) is 3.21. The highest BCUT2D eigenvalue weighted by Gasteiger charge is 2.05. The summed E-state index contributed by atoms with van der Waals surface area (Å²) in [5.74, 6) is 0.863. The Balaban J connectivity index is 1.55. The number of hydrogen-bond acceptors (Lipinski definition) is 3. The molecule has 4 aromatic rings. The van der Waals surface area contributed by atoms with Crippen LogP contribution in [0.2, 0.25) is 0 Å². The number of ether oxygens (including phenoxy) is 2. The standard InChI is InChI=1S/C25H20O3/c1-17-7-10-23(27-2)15-18(17)9-12-25(26)28-24-11-8-21-13-19-5-3-4-6-20(19)14-22(21)16-24/h3-16H,1-2H3/b12-9+. The summed E-state index contributed by atoms with van der Waals surface area (Å²) in [6, 6.07) is 23.9. The fourth-order valence-corrected chi connectivity index (χ4v) is 3.21. The number of esters is 1. The van der Waals surface area contributed by atoms with Crippen LogP contribution in [-0.2, 0) is 4.79 Å². The van der Waals surface area contributed by atoms with Crippen molar-refractivity contribution in [2.45, 2.75) is 6.92 Å². The summed E-state index contributed by atoms with van der Waals surface area (Å²) < 4.78 is 10.7. The molecule has 0 radical (unpaired) electrons. The lowest BCUT2D eigenvalue weighted by molar-refractivity contribution is -0.128. The monoisotopic (exact) mass is 368 g/mol. The summed E-state index contributed by atoms with van der Waals surface area (Å²) in [4.78, 5) is 12.3. The van der Waals surface area contributed by atoms with Crippen LogP contribution in [0.15, 0.2) is 78.9 Å². The van der Waals surface area contributed by atoms with E-state index >= 15 is 0 Å². The molecule has 0 aliphatic carbocycles. The molecule has 0 spiro atoms. The molecule has 0 atom stereocenters. The van der Waals surface area contributed by atoms with E-state index in [1.54, 1.807) is 13.2 Å². The van der Waals surface area contributed by atoms with Gasteiger partial charge in [0.2, 0.25) is 0 Å². The van der Waals surface area contributed by atoms with Crippen molar-refractivity contribution in [1.29, 1.82) is 0 Å². The second-order valence-electron chi connectivity index (χ2n) is 6.69. The number of carbonyl (C=O) groups excluding carboxylic acids is 1. The van der Waals surface area contributed by atoms with Gasteiger partial charge in [0.05, 0.1) is 7.11 Å². The van der Waals surface area contributed by atoms with Gasteiger partial charge < -0.3 is 9.47 Å². The minimum Gasteiger partial charge on any atom is -0.497 e. The van der Waals surface area contributed by atoms with Crippen LogP contribution in [-0.4, -0.2) is 13.1 Å². The highest BCUT2D eigenvalue weighted by atomic mass is 16.5. The molecule has 4 aromatic carbocycles. The third-order valence-electron chi connectivity index (χ3n) is 4.78. The van der Waals surface area contributed by atoms with Crippen molar-refractivity contribution in [2.75, 3.05) is 7.11 Å². The molecule has 0 aliphatic heterocycles. The van der Waals surface area contributed by atoms with Gasteiger partial charge >= 0.3 is 5.97 Å². The minimum absolute atomic E-state index is 0.414. The van der Waals surface area contributed by atoms with Gasteiger partial charge in [0, 0.05) is 6.08 Å². The maximum Gasteiger partial charge on any atom is 0.336 e. The van der Waals surface area contributed by atoms with Gasteiger partial charge in [-0.05, 0) is 82.1 Å². The van der Waals surface area contributed by atoms with Crippen molar-refractivity contribution in [2.24, 2.45) is 0 Å². The van der Waals surface area contributed by atoms with Crippen LogP contribution in [0, 0.1) is 6.92 Å². The molecule has 0 saturated carbocycles. The molecule has 0 N–H and O–H groups in total. The smallest absolute Gasteiger partial charge is 0.336 e. The number of carbonyl (C=O) groups is 1. The van der Waals surface area contributed by atoms with E-state index in [4.69, 9.17) is 9.47 Å². The van der Waals surface area contributed by atoms with Crippen LogP contribution in [0.1, 0.15) is 11.1 Å². The van der Waals surface area contributed by atoms with Crippen molar-refractivity contribution in [3.8, 4) is 11.5 Å². The Morgan fingerprint density at radius 1 is 0.786 bits per heavy atom. The minimum atomic E-state index is -0.414. The van der Waals surface area contributed by atoms with Crippen LogP contribution >= 0.6 is 0 Å². The number of rotatable bonds is 4. The van der Waals surface area contributed by atoms with E-state index < -0.39 is 5.97 Å². The second kappa shape index (κ2) is 7.57. The molecule has 3 nitrogen and oxygen atoms in total. The third kappa shape index (κ3) is 3.74. The summed E-state index contributed by atoms with van der Waals surface area (Å²) >= 11 is 0. The third-order valence-corrected chi connectivity index (χ3v) is 4.78. The Kier molecular flexibility index (Phi) is 4.81. The Labute approximate surface area is 163 Å². The van der Waals surface area contributed by atoms with Gasteiger partial charge in [-0.3, -0.25) is 0 Å².